The van der Waals surface area contributed by atoms with Gasteiger partial charge in [-0.3, -0.25) is 4.79 Å². The van der Waals surface area contributed by atoms with Crippen LogP contribution < -0.4 is 5.32 Å². The number of rotatable bonds is 4. The minimum Gasteiger partial charge on any atom is -0.361 e. The van der Waals surface area contributed by atoms with Crippen molar-refractivity contribution in [1.29, 1.82) is 0 Å². The third kappa shape index (κ3) is 3.64. The number of ketones is 1. The molecular weight excluding hydrogens is 270 g/mol. The zero-order chi connectivity index (χ0) is 16.3. The molecule has 0 aliphatic carbocycles. The molecule has 0 unspecified atom stereocenters. The second-order valence-corrected chi connectivity index (χ2v) is 5.93. The molecule has 22 heavy (non-hydrogen) atoms. The van der Waals surface area contributed by atoms with Gasteiger partial charge in [-0.15, -0.1) is 0 Å². The second-order valence-electron chi connectivity index (χ2n) is 5.93. The van der Waals surface area contributed by atoms with E-state index < -0.39 is 0 Å². The molecule has 0 fully saturated rings. The summed E-state index contributed by atoms with van der Waals surface area (Å²) >= 11 is 0. The van der Waals surface area contributed by atoms with Crippen molar-refractivity contribution < 1.29 is 4.79 Å². The monoisotopic (exact) mass is 293 g/mol. The van der Waals surface area contributed by atoms with E-state index in [1.807, 2.05) is 32.0 Å². The molecule has 2 aromatic carbocycles. The Hall–Kier alpha value is -2.35. The van der Waals surface area contributed by atoms with Crippen molar-refractivity contribution in [1.82, 2.24) is 0 Å². The predicted molar refractivity (Wildman–Crippen MR) is 93.7 cm³/mol. The Kier molecular flexibility index (Phi) is 4.81. The van der Waals surface area contributed by atoms with Gasteiger partial charge in [-0.05, 0) is 57.4 Å². The minimum absolute atomic E-state index is 0.0242. The first-order valence-corrected chi connectivity index (χ1v) is 7.51. The largest absolute Gasteiger partial charge is 0.361 e. The number of hydrogen-bond donors (Lipinski definition) is 1. The third-order valence-corrected chi connectivity index (χ3v) is 3.80. The quantitative estimate of drug-likeness (QED) is 0.632. The van der Waals surface area contributed by atoms with E-state index in [4.69, 9.17) is 0 Å². The smallest absolute Gasteiger partial charge is 0.187 e. The fraction of sp³-hybridized carbons (Fsp3) is 0.250. The highest BCUT2D eigenvalue weighted by molar-refractivity contribution is 6.05. The molecule has 0 heterocycles. The minimum atomic E-state index is 0.0242. The van der Waals surface area contributed by atoms with E-state index in [-0.39, 0.29) is 5.78 Å². The number of allylic oxidation sites excluding steroid dienone is 1. The molecule has 0 radical (unpaired) electrons. The predicted octanol–water partition coefficient (Wildman–Crippen LogP) is 5.04. The standard InChI is InChI=1S/C20H23NO/c1-13-6-7-15(3)18(12-13)19(22)8-9-21-20-16(4)10-14(2)11-17(20)5/h6-12,21H,1-5H3. The Bertz CT molecular complexity index is 718. The summed E-state index contributed by atoms with van der Waals surface area (Å²) in [6, 6.07) is 10.2. The van der Waals surface area contributed by atoms with Gasteiger partial charge < -0.3 is 5.32 Å². The number of hydrogen-bond acceptors (Lipinski definition) is 2. The number of carbonyl (C=O) groups is 1. The first kappa shape index (κ1) is 16.0. The number of benzene rings is 2. The van der Waals surface area contributed by atoms with E-state index in [9.17, 15) is 4.79 Å². The van der Waals surface area contributed by atoms with E-state index in [1.165, 1.54) is 16.7 Å². The summed E-state index contributed by atoms with van der Waals surface area (Å²) in [5, 5.41) is 3.24. The van der Waals surface area contributed by atoms with Gasteiger partial charge in [0.2, 0.25) is 0 Å². The van der Waals surface area contributed by atoms with Crippen LogP contribution in [0.25, 0.3) is 0 Å². The van der Waals surface area contributed by atoms with Crippen LogP contribution in [0.2, 0.25) is 0 Å². The van der Waals surface area contributed by atoms with E-state index in [0.717, 1.165) is 22.4 Å². The Morgan fingerprint density at radius 1 is 0.864 bits per heavy atom. The Labute approximate surface area is 132 Å². The lowest BCUT2D eigenvalue weighted by Gasteiger charge is -2.10. The van der Waals surface area contributed by atoms with Crippen LogP contribution in [0.1, 0.15) is 38.2 Å². The molecular formula is C20H23NO. The highest BCUT2D eigenvalue weighted by Gasteiger charge is 2.06. The van der Waals surface area contributed by atoms with Crippen molar-refractivity contribution >= 4 is 11.5 Å². The zero-order valence-electron chi connectivity index (χ0n) is 13.9. The van der Waals surface area contributed by atoms with Crippen LogP contribution >= 0.6 is 0 Å². The lowest BCUT2D eigenvalue weighted by atomic mass is 10.0. The molecule has 0 atom stereocenters. The molecule has 0 amide bonds. The van der Waals surface area contributed by atoms with Gasteiger partial charge in [-0.25, -0.2) is 0 Å². The molecule has 0 bridgehead atoms. The Balaban J connectivity index is 2.16. The first-order chi connectivity index (χ1) is 10.4. The van der Waals surface area contributed by atoms with Gasteiger partial charge in [0, 0.05) is 23.5 Å². The van der Waals surface area contributed by atoms with Crippen molar-refractivity contribution in [2.45, 2.75) is 34.6 Å². The average Bonchev–Trinajstić information content (AvgIpc) is 2.44. The van der Waals surface area contributed by atoms with Crippen LogP contribution in [-0.4, -0.2) is 5.78 Å². The summed E-state index contributed by atoms with van der Waals surface area (Å²) in [6.07, 6.45) is 3.33. The van der Waals surface area contributed by atoms with E-state index >= 15 is 0 Å². The molecule has 0 aliphatic rings. The molecule has 1 N–H and O–H groups in total. The van der Waals surface area contributed by atoms with Gasteiger partial charge in [-0.2, -0.15) is 0 Å². The van der Waals surface area contributed by atoms with E-state index in [0.29, 0.717) is 0 Å². The lowest BCUT2D eigenvalue weighted by Crippen LogP contribution is -2.01. The molecule has 2 aromatic rings. The number of aryl methyl sites for hydroxylation is 5. The van der Waals surface area contributed by atoms with Gasteiger partial charge in [0.15, 0.2) is 5.78 Å². The maximum absolute atomic E-state index is 12.3. The lowest BCUT2D eigenvalue weighted by molar-refractivity contribution is 0.104. The molecule has 2 heteroatoms. The zero-order valence-corrected chi connectivity index (χ0v) is 13.9. The van der Waals surface area contributed by atoms with Crippen LogP contribution in [0.15, 0.2) is 42.6 Å². The van der Waals surface area contributed by atoms with Crippen LogP contribution in [-0.2, 0) is 0 Å². The number of anilines is 1. The molecule has 0 spiro atoms. The summed E-state index contributed by atoms with van der Waals surface area (Å²) in [4.78, 5) is 12.3. The SMILES string of the molecule is Cc1cc(C)c(NC=CC(=O)c2cc(C)ccc2C)c(C)c1. The highest BCUT2D eigenvalue weighted by Crippen LogP contribution is 2.22. The summed E-state index contributed by atoms with van der Waals surface area (Å²) in [7, 11) is 0. The van der Waals surface area contributed by atoms with Gasteiger partial charge in [0.1, 0.15) is 0 Å². The fourth-order valence-electron chi connectivity index (χ4n) is 2.70. The summed E-state index contributed by atoms with van der Waals surface area (Å²) in [5.41, 5.74) is 7.54. The summed E-state index contributed by atoms with van der Waals surface area (Å²) in [5.74, 6) is 0.0242. The topological polar surface area (TPSA) is 29.1 Å². The normalized spacial score (nSPS) is 11.0. The molecule has 0 aliphatic heterocycles. The molecule has 0 aromatic heterocycles. The first-order valence-electron chi connectivity index (χ1n) is 7.51. The third-order valence-electron chi connectivity index (χ3n) is 3.80. The molecule has 0 saturated heterocycles. The number of carbonyl (C=O) groups excluding carboxylic acids is 1. The van der Waals surface area contributed by atoms with Crippen LogP contribution in [0.5, 0.6) is 0 Å². The van der Waals surface area contributed by atoms with Crippen molar-refractivity contribution in [3.8, 4) is 0 Å². The molecule has 2 nitrogen and oxygen atoms in total. The maximum Gasteiger partial charge on any atom is 0.187 e. The summed E-state index contributed by atoms with van der Waals surface area (Å²) in [6.45, 7) is 10.2. The van der Waals surface area contributed by atoms with Crippen molar-refractivity contribution in [3.63, 3.8) is 0 Å². The van der Waals surface area contributed by atoms with Gasteiger partial charge in [-0.1, -0.05) is 35.4 Å². The molecule has 0 saturated carbocycles. The fourth-order valence-corrected chi connectivity index (χ4v) is 2.70. The van der Waals surface area contributed by atoms with E-state index in [2.05, 4.69) is 38.2 Å². The Morgan fingerprint density at radius 2 is 1.50 bits per heavy atom. The van der Waals surface area contributed by atoms with Crippen LogP contribution in [0, 0.1) is 34.6 Å². The van der Waals surface area contributed by atoms with E-state index in [1.54, 1.807) is 12.3 Å². The van der Waals surface area contributed by atoms with Crippen molar-refractivity contribution in [2.75, 3.05) is 5.32 Å². The number of nitrogens with one attached hydrogen (secondary N) is 1. The Morgan fingerprint density at radius 3 is 2.14 bits per heavy atom. The van der Waals surface area contributed by atoms with Gasteiger partial charge in [0.05, 0.1) is 0 Å². The molecule has 114 valence electrons. The van der Waals surface area contributed by atoms with Gasteiger partial charge >= 0.3 is 0 Å². The molecule has 2 rings (SSSR count). The van der Waals surface area contributed by atoms with Crippen LogP contribution in [0.4, 0.5) is 5.69 Å². The second kappa shape index (κ2) is 6.61. The van der Waals surface area contributed by atoms with Gasteiger partial charge in [0.25, 0.3) is 0 Å². The highest BCUT2D eigenvalue weighted by atomic mass is 16.1. The van der Waals surface area contributed by atoms with Crippen molar-refractivity contribution in [3.05, 3.63) is 76.0 Å². The summed E-state index contributed by atoms with van der Waals surface area (Å²) < 4.78 is 0. The van der Waals surface area contributed by atoms with Crippen molar-refractivity contribution in [2.24, 2.45) is 0 Å². The average molecular weight is 293 g/mol. The maximum atomic E-state index is 12.3. The van der Waals surface area contributed by atoms with Crippen LogP contribution in [0.3, 0.4) is 0 Å².